The van der Waals surface area contributed by atoms with Gasteiger partial charge in [0.1, 0.15) is 11.4 Å². The van der Waals surface area contributed by atoms with Gasteiger partial charge in [-0.05, 0) is 47.7 Å². The third-order valence-electron chi connectivity index (χ3n) is 4.96. The third-order valence-corrected chi connectivity index (χ3v) is 4.96. The quantitative estimate of drug-likeness (QED) is 0.560. The number of aromatic nitrogens is 1. The molecule has 0 saturated heterocycles. The predicted molar refractivity (Wildman–Crippen MR) is 112 cm³/mol. The lowest BCUT2D eigenvalue weighted by Gasteiger charge is -2.18. The Kier molecular flexibility index (Phi) is 6.67. The van der Waals surface area contributed by atoms with Crippen molar-refractivity contribution in [1.29, 1.82) is 0 Å². The molecule has 3 aromatic rings. The summed E-state index contributed by atoms with van der Waals surface area (Å²) in [7, 11) is 0. The van der Waals surface area contributed by atoms with Gasteiger partial charge in [0.15, 0.2) is 18.2 Å². The van der Waals surface area contributed by atoms with E-state index < -0.39 is 18.4 Å². The topological polar surface area (TPSA) is 79.7 Å². The molecule has 0 spiro atoms. The summed E-state index contributed by atoms with van der Waals surface area (Å²) in [5.74, 6) is -1.65. The summed E-state index contributed by atoms with van der Waals surface area (Å²) in [4.78, 5) is 15.4. The van der Waals surface area contributed by atoms with E-state index in [1.807, 2.05) is 44.2 Å². The van der Waals surface area contributed by atoms with Gasteiger partial charge in [0, 0.05) is 17.7 Å². The average Bonchev–Trinajstić information content (AvgIpc) is 2.75. The maximum Gasteiger partial charge on any atom is 0.341 e. The number of benzene rings is 2. The number of aliphatic carboxylic acids is 1. The van der Waals surface area contributed by atoms with E-state index in [0.29, 0.717) is 36.2 Å². The van der Waals surface area contributed by atoms with Crippen LogP contribution in [-0.4, -0.2) is 27.8 Å². The van der Waals surface area contributed by atoms with E-state index in [-0.39, 0.29) is 11.5 Å². The first-order valence-corrected chi connectivity index (χ1v) is 9.86. The molecule has 2 aromatic carbocycles. The van der Waals surface area contributed by atoms with Gasteiger partial charge in [-0.1, -0.05) is 44.2 Å². The summed E-state index contributed by atoms with van der Waals surface area (Å²) in [6.07, 6.45) is 1.46. The molecule has 0 aliphatic carbocycles. The lowest BCUT2D eigenvalue weighted by atomic mass is 9.92. The fourth-order valence-corrected chi connectivity index (χ4v) is 3.51. The minimum Gasteiger partial charge on any atom is -0.506 e. The van der Waals surface area contributed by atoms with Crippen molar-refractivity contribution in [2.75, 3.05) is 6.61 Å². The van der Waals surface area contributed by atoms with E-state index >= 15 is 4.39 Å². The maximum atomic E-state index is 15.0. The molecule has 5 nitrogen and oxygen atoms in total. The van der Waals surface area contributed by atoms with Crippen molar-refractivity contribution in [1.82, 2.24) is 4.98 Å². The van der Waals surface area contributed by atoms with Crippen LogP contribution in [0.15, 0.2) is 48.5 Å². The Morgan fingerprint density at radius 1 is 1.07 bits per heavy atom. The molecule has 156 valence electrons. The number of pyridine rings is 1. The van der Waals surface area contributed by atoms with Gasteiger partial charge in [0.25, 0.3) is 0 Å². The molecule has 0 aliphatic heterocycles. The molecule has 0 unspecified atom stereocenters. The molecule has 0 amide bonds. The van der Waals surface area contributed by atoms with Crippen molar-refractivity contribution < 1.29 is 24.1 Å². The van der Waals surface area contributed by atoms with Crippen LogP contribution in [0, 0.1) is 5.82 Å². The molecule has 0 bridgehead atoms. The number of halogens is 1. The van der Waals surface area contributed by atoms with Gasteiger partial charge >= 0.3 is 5.97 Å². The summed E-state index contributed by atoms with van der Waals surface area (Å²) in [6.45, 7) is 3.21. The lowest BCUT2D eigenvalue weighted by Crippen LogP contribution is -2.13. The Morgan fingerprint density at radius 3 is 2.43 bits per heavy atom. The van der Waals surface area contributed by atoms with Crippen molar-refractivity contribution in [3.8, 4) is 22.8 Å². The van der Waals surface area contributed by atoms with Gasteiger partial charge in [-0.2, -0.15) is 0 Å². The number of hydrogen-bond acceptors (Lipinski definition) is 4. The molecule has 0 aliphatic rings. The highest BCUT2D eigenvalue weighted by Crippen LogP contribution is 2.32. The highest BCUT2D eigenvalue weighted by Gasteiger charge is 2.19. The van der Waals surface area contributed by atoms with E-state index in [2.05, 4.69) is 4.98 Å². The minimum absolute atomic E-state index is 0.0431. The van der Waals surface area contributed by atoms with Crippen molar-refractivity contribution >= 4 is 5.97 Å². The minimum atomic E-state index is -1.16. The standard InChI is InChI=1S/C24H24FNO4/c1-3-15-12-21(30-14-22(28)29)23(25)18(4-2)19(15)13-17-10-11-20(27)24(26-17)16-8-6-5-7-9-16/h5-12,27H,3-4,13-14H2,1-2H3,(H,28,29). The highest BCUT2D eigenvalue weighted by molar-refractivity contribution is 5.68. The number of rotatable bonds is 8. The number of carboxylic acid groups (broad SMARTS) is 1. The molecule has 3 rings (SSSR count). The van der Waals surface area contributed by atoms with E-state index in [1.54, 1.807) is 18.2 Å². The fraction of sp³-hybridized carbons (Fsp3) is 0.250. The Morgan fingerprint density at radius 2 is 1.80 bits per heavy atom. The lowest BCUT2D eigenvalue weighted by molar-refractivity contribution is -0.139. The molecule has 1 heterocycles. The molecular weight excluding hydrogens is 385 g/mol. The third kappa shape index (κ3) is 4.59. The van der Waals surface area contributed by atoms with E-state index in [1.165, 1.54) is 0 Å². The molecule has 0 fully saturated rings. The Balaban J connectivity index is 2.02. The fourth-order valence-electron chi connectivity index (χ4n) is 3.51. The number of aryl methyl sites for hydroxylation is 1. The molecule has 0 saturated carbocycles. The summed E-state index contributed by atoms with van der Waals surface area (Å²) in [5, 5.41) is 19.1. The van der Waals surface area contributed by atoms with Crippen LogP contribution in [0.25, 0.3) is 11.3 Å². The van der Waals surface area contributed by atoms with Gasteiger partial charge in [0.05, 0.1) is 0 Å². The number of hydrogen-bond donors (Lipinski definition) is 2. The van der Waals surface area contributed by atoms with E-state index in [0.717, 1.165) is 16.7 Å². The van der Waals surface area contributed by atoms with Crippen LogP contribution in [0.5, 0.6) is 11.5 Å². The first-order valence-electron chi connectivity index (χ1n) is 9.86. The maximum absolute atomic E-state index is 15.0. The summed E-state index contributed by atoms with van der Waals surface area (Å²) < 4.78 is 20.2. The Labute approximate surface area is 174 Å². The van der Waals surface area contributed by atoms with Gasteiger partial charge in [-0.25, -0.2) is 14.2 Å². The Hall–Kier alpha value is -3.41. The van der Waals surface area contributed by atoms with Gasteiger partial charge in [-0.15, -0.1) is 0 Å². The number of aromatic hydroxyl groups is 1. The molecule has 0 radical (unpaired) electrons. The number of ether oxygens (including phenoxy) is 1. The van der Waals surface area contributed by atoms with Gasteiger partial charge in [-0.3, -0.25) is 0 Å². The molecule has 1 aromatic heterocycles. The second-order valence-electron chi connectivity index (χ2n) is 6.91. The molecule has 30 heavy (non-hydrogen) atoms. The van der Waals surface area contributed by atoms with Crippen molar-refractivity contribution in [3.63, 3.8) is 0 Å². The van der Waals surface area contributed by atoms with Crippen LogP contribution in [0.1, 0.15) is 36.2 Å². The molecule has 0 atom stereocenters. The number of carbonyl (C=O) groups is 1. The van der Waals surface area contributed by atoms with Gasteiger partial charge < -0.3 is 14.9 Å². The molecule has 6 heteroatoms. The van der Waals surface area contributed by atoms with Crippen molar-refractivity contribution in [2.45, 2.75) is 33.1 Å². The van der Waals surface area contributed by atoms with E-state index in [9.17, 15) is 9.90 Å². The van der Waals surface area contributed by atoms with Crippen molar-refractivity contribution in [3.05, 3.63) is 76.7 Å². The Bertz CT molecular complexity index is 1050. The zero-order valence-electron chi connectivity index (χ0n) is 17.0. The first kappa shape index (κ1) is 21.3. The summed E-state index contributed by atoms with van der Waals surface area (Å²) in [6, 6.07) is 14.3. The van der Waals surface area contributed by atoms with Crippen LogP contribution in [-0.2, 0) is 24.1 Å². The summed E-state index contributed by atoms with van der Waals surface area (Å²) >= 11 is 0. The van der Waals surface area contributed by atoms with Crippen LogP contribution >= 0.6 is 0 Å². The van der Waals surface area contributed by atoms with Gasteiger partial charge in [0.2, 0.25) is 0 Å². The molecular formula is C24H24FNO4. The van der Waals surface area contributed by atoms with Crippen LogP contribution in [0.2, 0.25) is 0 Å². The second kappa shape index (κ2) is 9.39. The SMILES string of the molecule is CCc1cc(OCC(=O)O)c(F)c(CC)c1Cc1ccc(O)c(-c2ccccc2)n1. The molecule has 2 N–H and O–H groups in total. The van der Waals surface area contributed by atoms with E-state index in [4.69, 9.17) is 9.84 Å². The normalized spacial score (nSPS) is 10.8. The summed E-state index contributed by atoms with van der Waals surface area (Å²) in [5.41, 5.74) is 4.17. The average molecular weight is 409 g/mol. The number of nitrogens with zero attached hydrogens (tertiary/aromatic N) is 1. The van der Waals surface area contributed by atoms with Crippen LogP contribution < -0.4 is 4.74 Å². The monoisotopic (exact) mass is 409 g/mol. The first-order chi connectivity index (χ1) is 14.4. The largest absolute Gasteiger partial charge is 0.506 e. The van der Waals surface area contributed by atoms with Crippen LogP contribution in [0.3, 0.4) is 0 Å². The second-order valence-corrected chi connectivity index (χ2v) is 6.91. The predicted octanol–water partition coefficient (Wildman–Crippen LogP) is 4.77. The van der Waals surface area contributed by atoms with Crippen LogP contribution in [0.4, 0.5) is 4.39 Å². The highest BCUT2D eigenvalue weighted by atomic mass is 19.1. The number of carboxylic acids is 1. The zero-order valence-corrected chi connectivity index (χ0v) is 17.0. The zero-order chi connectivity index (χ0) is 21.7. The smallest absolute Gasteiger partial charge is 0.341 e. The van der Waals surface area contributed by atoms with Crippen molar-refractivity contribution in [2.24, 2.45) is 0 Å².